The van der Waals surface area contributed by atoms with Gasteiger partial charge in [-0.2, -0.15) is 0 Å². The molecule has 0 aliphatic rings. The third kappa shape index (κ3) is 3.52. The van der Waals surface area contributed by atoms with E-state index < -0.39 is 16.5 Å². The van der Waals surface area contributed by atoms with Gasteiger partial charge in [-0.1, -0.05) is 0 Å². The van der Waals surface area contributed by atoms with Crippen molar-refractivity contribution >= 4 is 27.6 Å². The number of halogens is 1. The fourth-order valence-electron chi connectivity index (χ4n) is 1.33. The van der Waals surface area contributed by atoms with Crippen molar-refractivity contribution in [2.45, 2.75) is 13.5 Å². The number of carboxylic acid groups (broad SMARTS) is 1. The number of hydrogen-bond acceptors (Lipinski definition) is 4. The molecule has 18 heavy (non-hydrogen) atoms. The minimum atomic E-state index is -1.13. The van der Waals surface area contributed by atoms with Crippen LogP contribution in [0.15, 0.2) is 33.2 Å². The lowest BCUT2D eigenvalue weighted by atomic mass is 10.2. The van der Waals surface area contributed by atoms with E-state index in [0.29, 0.717) is 5.57 Å². The molecule has 0 unspecified atom stereocenters. The minimum absolute atomic E-state index is 0.0224. The summed E-state index contributed by atoms with van der Waals surface area (Å²) >= 11 is 2.93. The maximum atomic E-state index is 11.7. The Labute approximate surface area is 110 Å². The first-order valence-electron chi connectivity index (χ1n) is 4.75. The zero-order chi connectivity index (χ0) is 13.9. The molecule has 96 valence electrons. The Morgan fingerprint density at radius 1 is 1.67 bits per heavy atom. The van der Waals surface area contributed by atoms with Crippen molar-refractivity contribution in [1.82, 2.24) is 4.57 Å². The molecule has 0 aromatic carbocycles. The molecule has 0 saturated heterocycles. The average molecular weight is 317 g/mol. The van der Waals surface area contributed by atoms with Crippen LogP contribution in [0.25, 0.3) is 0 Å². The Kier molecular flexibility index (Phi) is 4.38. The summed E-state index contributed by atoms with van der Waals surface area (Å²) in [7, 11) is 0. The van der Waals surface area contributed by atoms with Gasteiger partial charge in [-0.15, -0.1) is 0 Å². The van der Waals surface area contributed by atoms with Crippen molar-refractivity contribution in [2.75, 3.05) is 0 Å². The van der Waals surface area contributed by atoms with Crippen LogP contribution in [0.2, 0.25) is 0 Å². The van der Waals surface area contributed by atoms with Crippen molar-refractivity contribution in [3.8, 4) is 0 Å². The molecule has 0 radical (unpaired) electrons. The third-order valence-corrected chi connectivity index (χ3v) is 2.60. The number of nitrogens with zero attached hydrogens (tertiary/aromatic N) is 2. The predicted molar refractivity (Wildman–Crippen MR) is 66.4 cm³/mol. The minimum Gasteiger partial charge on any atom is -0.478 e. The van der Waals surface area contributed by atoms with Gasteiger partial charge in [0.1, 0.15) is 0 Å². The van der Waals surface area contributed by atoms with Crippen LogP contribution in [-0.2, 0) is 11.3 Å². The lowest BCUT2D eigenvalue weighted by Gasteiger charge is -2.06. The van der Waals surface area contributed by atoms with Gasteiger partial charge < -0.3 is 9.67 Å². The monoisotopic (exact) mass is 316 g/mol. The van der Waals surface area contributed by atoms with Crippen molar-refractivity contribution in [1.29, 1.82) is 0 Å². The molecule has 0 spiro atoms. The number of hydrogen-bond donors (Lipinski definition) is 1. The zero-order valence-corrected chi connectivity index (χ0v) is 10.9. The topological polar surface area (TPSA) is 102 Å². The molecular formula is C10H9BrN2O5. The first kappa shape index (κ1) is 14.1. The number of allylic oxidation sites excluding steroid dienone is 1. The molecule has 0 saturated carbocycles. The SMILES string of the molecule is C/C(=C/C(=O)O)Cn1cc([N+](=O)[O-])cc(Br)c1=O. The van der Waals surface area contributed by atoms with E-state index in [1.807, 2.05) is 0 Å². The van der Waals surface area contributed by atoms with Crippen LogP contribution in [0.1, 0.15) is 6.92 Å². The van der Waals surface area contributed by atoms with Crippen molar-refractivity contribution in [2.24, 2.45) is 0 Å². The van der Waals surface area contributed by atoms with Gasteiger partial charge in [0.25, 0.3) is 11.2 Å². The van der Waals surface area contributed by atoms with E-state index in [2.05, 4.69) is 15.9 Å². The Hall–Kier alpha value is -1.96. The highest BCUT2D eigenvalue weighted by Gasteiger charge is 2.12. The fourth-order valence-corrected chi connectivity index (χ4v) is 1.79. The molecule has 8 heteroatoms. The van der Waals surface area contributed by atoms with Crippen molar-refractivity contribution in [3.63, 3.8) is 0 Å². The normalized spacial score (nSPS) is 11.3. The van der Waals surface area contributed by atoms with Gasteiger partial charge in [-0.3, -0.25) is 14.9 Å². The number of carboxylic acids is 1. The number of nitro groups is 1. The van der Waals surface area contributed by atoms with Crippen LogP contribution >= 0.6 is 15.9 Å². The molecule has 1 aromatic heterocycles. The summed E-state index contributed by atoms with van der Waals surface area (Å²) in [5, 5.41) is 19.2. The van der Waals surface area contributed by atoms with Gasteiger partial charge >= 0.3 is 5.97 Å². The van der Waals surface area contributed by atoms with E-state index in [0.717, 1.165) is 22.9 Å². The summed E-state index contributed by atoms with van der Waals surface area (Å²) in [4.78, 5) is 32.1. The number of pyridine rings is 1. The number of rotatable bonds is 4. The molecule has 0 amide bonds. The van der Waals surface area contributed by atoms with Gasteiger partial charge in [0.2, 0.25) is 0 Å². The predicted octanol–water partition coefficient (Wildman–Crippen LogP) is 1.55. The van der Waals surface area contributed by atoms with Crippen LogP contribution in [0.4, 0.5) is 5.69 Å². The quantitative estimate of drug-likeness (QED) is 0.515. The molecule has 1 aromatic rings. The summed E-state index contributed by atoms with van der Waals surface area (Å²) in [5.74, 6) is -1.13. The Morgan fingerprint density at radius 2 is 2.28 bits per heavy atom. The Balaban J connectivity index is 3.20. The number of carbonyl (C=O) groups is 1. The highest BCUT2D eigenvalue weighted by atomic mass is 79.9. The summed E-state index contributed by atoms with van der Waals surface area (Å²) in [6.07, 6.45) is 2.02. The first-order valence-corrected chi connectivity index (χ1v) is 5.55. The first-order chi connectivity index (χ1) is 8.31. The maximum Gasteiger partial charge on any atom is 0.328 e. The summed E-state index contributed by atoms with van der Waals surface area (Å²) < 4.78 is 1.14. The van der Waals surface area contributed by atoms with Crippen LogP contribution < -0.4 is 5.56 Å². The second-order valence-electron chi connectivity index (χ2n) is 3.57. The molecule has 1 rings (SSSR count). The van der Waals surface area contributed by atoms with Gasteiger partial charge in [-0.25, -0.2) is 4.79 Å². The van der Waals surface area contributed by atoms with Crippen molar-refractivity contribution in [3.05, 3.63) is 48.9 Å². The number of aliphatic carboxylic acids is 1. The van der Waals surface area contributed by atoms with E-state index in [4.69, 9.17) is 5.11 Å². The largest absolute Gasteiger partial charge is 0.478 e. The fraction of sp³-hybridized carbons (Fsp3) is 0.200. The van der Waals surface area contributed by atoms with Crippen LogP contribution in [0.5, 0.6) is 0 Å². The highest BCUT2D eigenvalue weighted by Crippen LogP contribution is 2.14. The molecule has 7 nitrogen and oxygen atoms in total. The smallest absolute Gasteiger partial charge is 0.328 e. The molecule has 1 N–H and O–H groups in total. The molecule has 0 fully saturated rings. The zero-order valence-electron chi connectivity index (χ0n) is 9.29. The van der Waals surface area contributed by atoms with Crippen LogP contribution in [0.3, 0.4) is 0 Å². The Morgan fingerprint density at radius 3 is 2.78 bits per heavy atom. The molecule has 0 atom stereocenters. The summed E-state index contributed by atoms with van der Waals surface area (Å²) in [5.41, 5.74) is -0.305. The highest BCUT2D eigenvalue weighted by molar-refractivity contribution is 9.10. The lowest BCUT2D eigenvalue weighted by molar-refractivity contribution is -0.385. The average Bonchev–Trinajstić information content (AvgIpc) is 2.22. The number of aromatic nitrogens is 1. The van der Waals surface area contributed by atoms with E-state index >= 15 is 0 Å². The molecule has 0 aliphatic heterocycles. The van der Waals surface area contributed by atoms with Crippen LogP contribution in [0, 0.1) is 10.1 Å². The molecule has 0 bridgehead atoms. The Bertz CT molecular complexity index is 590. The van der Waals surface area contributed by atoms with Gasteiger partial charge in [0.15, 0.2) is 0 Å². The second kappa shape index (κ2) is 5.58. The molecule has 1 heterocycles. The van der Waals surface area contributed by atoms with Gasteiger partial charge in [-0.05, 0) is 28.4 Å². The molecule has 0 aliphatic carbocycles. The van der Waals surface area contributed by atoms with E-state index in [1.54, 1.807) is 0 Å². The standard InChI is InChI=1S/C10H9BrN2O5/c1-6(2-9(14)15)4-12-5-7(13(17)18)3-8(11)10(12)16/h2-3,5H,4H2,1H3,(H,14,15)/b6-2-. The lowest BCUT2D eigenvalue weighted by Crippen LogP contribution is -2.21. The van der Waals surface area contributed by atoms with Gasteiger partial charge in [0, 0.05) is 18.7 Å². The van der Waals surface area contributed by atoms with E-state index in [-0.39, 0.29) is 16.7 Å². The summed E-state index contributed by atoms with van der Waals surface area (Å²) in [6, 6.07) is 1.11. The van der Waals surface area contributed by atoms with Gasteiger partial charge in [0.05, 0.1) is 15.6 Å². The van der Waals surface area contributed by atoms with Crippen LogP contribution in [-0.4, -0.2) is 20.6 Å². The third-order valence-electron chi connectivity index (χ3n) is 2.03. The molecular weight excluding hydrogens is 308 g/mol. The van der Waals surface area contributed by atoms with E-state index in [1.165, 1.54) is 6.92 Å². The summed E-state index contributed by atoms with van der Waals surface area (Å²) in [6.45, 7) is 1.50. The van der Waals surface area contributed by atoms with Crippen molar-refractivity contribution < 1.29 is 14.8 Å². The second-order valence-corrected chi connectivity index (χ2v) is 4.42. The van der Waals surface area contributed by atoms with E-state index in [9.17, 15) is 19.7 Å². The maximum absolute atomic E-state index is 11.7.